The van der Waals surface area contributed by atoms with Crippen LogP contribution in [0.15, 0.2) is 48.5 Å². The van der Waals surface area contributed by atoms with Crippen molar-refractivity contribution in [2.24, 2.45) is 11.8 Å². The Morgan fingerprint density at radius 2 is 1.60 bits per heavy atom. The van der Waals surface area contributed by atoms with E-state index in [1.165, 1.54) is 22.3 Å². The first-order chi connectivity index (χ1) is 14.6. The maximum absolute atomic E-state index is 13.1. The van der Waals surface area contributed by atoms with Crippen molar-refractivity contribution in [1.29, 1.82) is 0 Å². The van der Waals surface area contributed by atoms with Gasteiger partial charge in [0.05, 0.1) is 6.42 Å². The minimum Gasteiger partial charge on any atom is -0.481 e. The summed E-state index contributed by atoms with van der Waals surface area (Å²) in [7, 11) is 0. The van der Waals surface area contributed by atoms with Crippen LogP contribution in [0.1, 0.15) is 49.1 Å². The van der Waals surface area contributed by atoms with Gasteiger partial charge in [-0.2, -0.15) is 0 Å². The Balaban J connectivity index is 1.32. The average molecular weight is 405 g/mol. The summed E-state index contributed by atoms with van der Waals surface area (Å²) in [4.78, 5) is 26.2. The van der Waals surface area contributed by atoms with E-state index in [1.54, 1.807) is 0 Å². The minimum absolute atomic E-state index is 0.0354. The number of ether oxygens (including phenoxy) is 1. The lowest BCUT2D eigenvalue weighted by molar-refractivity contribution is -0.138. The van der Waals surface area contributed by atoms with Gasteiger partial charge in [-0.3, -0.25) is 4.79 Å². The van der Waals surface area contributed by atoms with Gasteiger partial charge in [0.1, 0.15) is 6.61 Å². The molecule has 1 N–H and O–H groups in total. The van der Waals surface area contributed by atoms with Crippen molar-refractivity contribution in [3.63, 3.8) is 0 Å². The lowest BCUT2D eigenvalue weighted by Gasteiger charge is -2.32. The molecule has 0 aromatic heterocycles. The number of benzene rings is 2. The van der Waals surface area contributed by atoms with Crippen LogP contribution in [-0.2, 0) is 9.53 Å². The molecule has 30 heavy (non-hydrogen) atoms. The number of amides is 1. The van der Waals surface area contributed by atoms with Crippen LogP contribution in [0.3, 0.4) is 0 Å². The van der Waals surface area contributed by atoms with Crippen LogP contribution >= 0.6 is 0 Å². The second-order valence-corrected chi connectivity index (χ2v) is 8.83. The molecule has 0 spiro atoms. The molecule has 0 bridgehead atoms. The smallest absolute Gasteiger partial charge is 0.410 e. The molecule has 1 saturated carbocycles. The monoisotopic (exact) mass is 405 g/mol. The molecule has 156 valence electrons. The highest BCUT2D eigenvalue weighted by atomic mass is 16.6. The van der Waals surface area contributed by atoms with Gasteiger partial charge >= 0.3 is 12.1 Å². The summed E-state index contributed by atoms with van der Waals surface area (Å²) in [6, 6.07) is 16.7. The third-order valence-corrected chi connectivity index (χ3v) is 7.23. The summed E-state index contributed by atoms with van der Waals surface area (Å²) in [5.74, 6) is -0.414. The molecule has 1 saturated heterocycles. The lowest BCUT2D eigenvalue weighted by atomic mass is 9.78. The van der Waals surface area contributed by atoms with E-state index in [9.17, 15) is 14.7 Å². The Morgan fingerprint density at radius 1 is 0.967 bits per heavy atom. The molecule has 1 aliphatic heterocycles. The first-order valence-electron chi connectivity index (χ1n) is 11.0. The molecule has 2 aromatic carbocycles. The third-order valence-electron chi connectivity index (χ3n) is 7.23. The number of hydrogen-bond acceptors (Lipinski definition) is 3. The first kappa shape index (κ1) is 19.2. The third kappa shape index (κ3) is 3.26. The van der Waals surface area contributed by atoms with Crippen LogP contribution in [0.4, 0.5) is 4.79 Å². The molecule has 2 fully saturated rings. The van der Waals surface area contributed by atoms with Gasteiger partial charge < -0.3 is 14.7 Å². The summed E-state index contributed by atoms with van der Waals surface area (Å²) < 4.78 is 5.87. The number of aliphatic carboxylic acids is 1. The van der Waals surface area contributed by atoms with Gasteiger partial charge in [0.15, 0.2) is 0 Å². The quantitative estimate of drug-likeness (QED) is 0.786. The number of carbonyl (C=O) groups is 2. The van der Waals surface area contributed by atoms with Crippen molar-refractivity contribution in [3.05, 3.63) is 59.7 Å². The van der Waals surface area contributed by atoms with Crippen LogP contribution in [0.2, 0.25) is 0 Å². The number of carboxylic acids is 1. The van der Waals surface area contributed by atoms with Crippen LogP contribution in [0.5, 0.6) is 0 Å². The number of nitrogens with zero attached hydrogens (tertiary/aromatic N) is 1. The van der Waals surface area contributed by atoms with E-state index in [4.69, 9.17) is 4.74 Å². The fourth-order valence-corrected chi connectivity index (χ4v) is 5.93. The standard InChI is InChI=1S/C25H27NO4/c27-24(28)13-16-14-26(23-12-6-5-7-17(16)23)25(29)30-15-22-20-10-3-1-8-18(20)19-9-2-4-11-21(19)22/h1-4,8-11,16-17,22-23H,5-7,12-15H2,(H,27,28). The van der Waals surface area contributed by atoms with Gasteiger partial charge in [-0.1, -0.05) is 61.4 Å². The van der Waals surface area contributed by atoms with E-state index in [0.29, 0.717) is 13.2 Å². The van der Waals surface area contributed by atoms with Crippen molar-refractivity contribution >= 4 is 12.1 Å². The van der Waals surface area contributed by atoms with E-state index in [0.717, 1.165) is 25.7 Å². The molecule has 3 unspecified atom stereocenters. The number of carbonyl (C=O) groups excluding carboxylic acids is 1. The molecule has 1 heterocycles. The number of rotatable bonds is 4. The Labute approximate surface area is 176 Å². The topological polar surface area (TPSA) is 66.8 Å². The fourth-order valence-electron chi connectivity index (χ4n) is 5.93. The maximum atomic E-state index is 13.1. The normalized spacial score (nSPS) is 24.8. The zero-order valence-electron chi connectivity index (χ0n) is 17.0. The highest BCUT2D eigenvalue weighted by molar-refractivity contribution is 5.79. The van der Waals surface area contributed by atoms with Crippen molar-refractivity contribution < 1.29 is 19.4 Å². The van der Waals surface area contributed by atoms with Crippen LogP contribution in [0, 0.1) is 11.8 Å². The van der Waals surface area contributed by atoms with Gasteiger partial charge in [0.25, 0.3) is 0 Å². The second-order valence-electron chi connectivity index (χ2n) is 8.83. The Hall–Kier alpha value is -2.82. The van der Waals surface area contributed by atoms with Crippen molar-refractivity contribution in [1.82, 2.24) is 4.90 Å². The molecule has 5 heteroatoms. The first-order valence-corrected chi connectivity index (χ1v) is 11.0. The average Bonchev–Trinajstić information content (AvgIpc) is 3.28. The number of carboxylic acid groups (broad SMARTS) is 1. The molecular formula is C25H27NO4. The van der Waals surface area contributed by atoms with E-state index < -0.39 is 5.97 Å². The molecule has 1 amide bonds. The summed E-state index contributed by atoms with van der Waals surface area (Å²) in [6.07, 6.45) is 4.01. The van der Waals surface area contributed by atoms with Crippen molar-refractivity contribution in [3.8, 4) is 11.1 Å². The van der Waals surface area contributed by atoms with Crippen LogP contribution in [-0.4, -0.2) is 41.3 Å². The highest BCUT2D eigenvalue weighted by Crippen LogP contribution is 2.45. The molecule has 3 atom stereocenters. The number of hydrogen-bond donors (Lipinski definition) is 1. The zero-order chi connectivity index (χ0) is 20.7. The molecule has 5 nitrogen and oxygen atoms in total. The number of likely N-dealkylation sites (tertiary alicyclic amines) is 1. The summed E-state index contributed by atoms with van der Waals surface area (Å²) >= 11 is 0. The molecule has 2 aliphatic carbocycles. The van der Waals surface area contributed by atoms with E-state index in [-0.39, 0.29) is 36.3 Å². The predicted molar refractivity (Wildman–Crippen MR) is 113 cm³/mol. The Morgan fingerprint density at radius 3 is 2.27 bits per heavy atom. The largest absolute Gasteiger partial charge is 0.481 e. The molecule has 5 rings (SSSR count). The van der Waals surface area contributed by atoms with Crippen LogP contribution < -0.4 is 0 Å². The van der Waals surface area contributed by atoms with Crippen LogP contribution in [0.25, 0.3) is 11.1 Å². The number of fused-ring (bicyclic) bond motifs is 4. The predicted octanol–water partition coefficient (Wildman–Crippen LogP) is 4.90. The van der Waals surface area contributed by atoms with E-state index >= 15 is 0 Å². The Kier molecular flexibility index (Phi) is 4.97. The van der Waals surface area contributed by atoms with Crippen molar-refractivity contribution in [2.75, 3.05) is 13.2 Å². The molecule has 2 aromatic rings. The summed E-state index contributed by atoms with van der Waals surface area (Å²) in [5.41, 5.74) is 4.83. The fraction of sp³-hybridized carbons (Fsp3) is 0.440. The summed E-state index contributed by atoms with van der Waals surface area (Å²) in [5, 5.41) is 9.29. The van der Waals surface area contributed by atoms with Gasteiger partial charge in [-0.25, -0.2) is 4.79 Å². The van der Waals surface area contributed by atoms with E-state index in [1.807, 2.05) is 29.2 Å². The van der Waals surface area contributed by atoms with Gasteiger partial charge in [0, 0.05) is 18.5 Å². The van der Waals surface area contributed by atoms with Crippen molar-refractivity contribution in [2.45, 2.75) is 44.1 Å². The molecule has 0 radical (unpaired) electrons. The summed E-state index contributed by atoms with van der Waals surface area (Å²) in [6.45, 7) is 0.808. The zero-order valence-corrected chi connectivity index (χ0v) is 17.0. The van der Waals surface area contributed by atoms with Gasteiger partial charge in [-0.05, 0) is 46.9 Å². The lowest BCUT2D eigenvalue weighted by Crippen LogP contribution is -2.40. The van der Waals surface area contributed by atoms with E-state index in [2.05, 4.69) is 24.3 Å². The Bertz CT molecular complexity index is 926. The highest BCUT2D eigenvalue weighted by Gasteiger charge is 2.46. The molecular weight excluding hydrogens is 378 g/mol. The molecule has 3 aliphatic rings. The SMILES string of the molecule is O=C(O)CC1CN(C(=O)OCC2c3ccccc3-c3ccccc32)C2CCCCC12. The van der Waals surface area contributed by atoms with Gasteiger partial charge in [-0.15, -0.1) is 0 Å². The second kappa shape index (κ2) is 7.78. The maximum Gasteiger partial charge on any atom is 0.410 e. The van der Waals surface area contributed by atoms with Gasteiger partial charge in [0.2, 0.25) is 0 Å². The minimum atomic E-state index is -0.779.